The lowest BCUT2D eigenvalue weighted by Gasteiger charge is -2.48. The third-order valence-corrected chi connectivity index (χ3v) is 8.27. The van der Waals surface area contributed by atoms with Crippen LogP contribution in [-0.2, 0) is 19.5 Å². The number of piperidine rings is 1. The Morgan fingerprint density at radius 3 is 2.36 bits per heavy atom. The maximum atomic E-state index is 13.0. The van der Waals surface area contributed by atoms with Crippen LogP contribution in [0.1, 0.15) is 25.7 Å². The molecule has 28 heavy (non-hydrogen) atoms. The lowest BCUT2D eigenvalue weighted by atomic mass is 9.82. The molecule has 1 aromatic rings. The molecule has 1 spiro atoms. The number of morpholine rings is 1. The molecule has 3 fully saturated rings. The van der Waals surface area contributed by atoms with Gasteiger partial charge in [0.25, 0.3) is 0 Å². The fraction of sp³-hybridized carbons (Fsp3) is 0.700. The Bertz CT molecular complexity index is 753. The normalized spacial score (nSPS) is 27.0. The number of rotatable bonds is 4. The van der Waals surface area contributed by atoms with Gasteiger partial charge in [-0.2, -0.15) is 4.31 Å². The Balaban J connectivity index is 1.40. The number of hydrogen-bond donors (Lipinski definition) is 0. The topological polar surface area (TPSA) is 68.3 Å². The molecule has 0 unspecified atom stereocenters. The maximum Gasteiger partial charge on any atom is 0.243 e. The van der Waals surface area contributed by atoms with E-state index in [0.29, 0.717) is 29.8 Å². The molecule has 0 aromatic heterocycles. The Kier molecular flexibility index (Phi) is 5.94. The lowest BCUT2D eigenvalue weighted by Crippen LogP contribution is -2.55. The fourth-order valence-electron chi connectivity index (χ4n) is 4.64. The molecule has 3 aliphatic heterocycles. The van der Waals surface area contributed by atoms with Crippen molar-refractivity contribution in [1.29, 1.82) is 0 Å². The number of hydrogen-bond acceptors (Lipinski definition) is 6. The van der Waals surface area contributed by atoms with Crippen LogP contribution >= 0.6 is 0 Å². The molecule has 7 nitrogen and oxygen atoms in total. The zero-order valence-electron chi connectivity index (χ0n) is 16.5. The first-order valence-corrected chi connectivity index (χ1v) is 11.6. The van der Waals surface area contributed by atoms with E-state index in [9.17, 15) is 8.42 Å². The van der Waals surface area contributed by atoms with Crippen molar-refractivity contribution >= 4 is 10.0 Å². The summed E-state index contributed by atoms with van der Waals surface area (Å²) in [6, 6.07) is 7.13. The van der Waals surface area contributed by atoms with Crippen molar-refractivity contribution in [3.8, 4) is 5.75 Å². The van der Waals surface area contributed by atoms with Gasteiger partial charge in [-0.25, -0.2) is 8.42 Å². The second-order valence-electron chi connectivity index (χ2n) is 7.91. The molecule has 8 heteroatoms. The van der Waals surface area contributed by atoms with Gasteiger partial charge in [0, 0.05) is 38.8 Å². The summed E-state index contributed by atoms with van der Waals surface area (Å²) in [7, 11) is -1.91. The summed E-state index contributed by atoms with van der Waals surface area (Å²) >= 11 is 0. The summed E-state index contributed by atoms with van der Waals surface area (Å²) in [5.41, 5.74) is -0.187. The second-order valence-corrected chi connectivity index (χ2v) is 9.84. The monoisotopic (exact) mass is 410 g/mol. The number of nitrogens with zero attached hydrogens (tertiary/aromatic N) is 2. The van der Waals surface area contributed by atoms with Crippen LogP contribution in [0, 0.1) is 0 Å². The molecule has 1 atom stereocenters. The van der Waals surface area contributed by atoms with E-state index in [2.05, 4.69) is 4.90 Å². The van der Waals surface area contributed by atoms with Gasteiger partial charge in [0.05, 0.1) is 30.8 Å². The van der Waals surface area contributed by atoms with Crippen LogP contribution in [0.25, 0.3) is 0 Å². The van der Waals surface area contributed by atoms with E-state index in [1.165, 1.54) is 0 Å². The van der Waals surface area contributed by atoms with Crippen molar-refractivity contribution in [2.45, 2.75) is 42.2 Å². The van der Waals surface area contributed by atoms with Gasteiger partial charge < -0.3 is 14.2 Å². The van der Waals surface area contributed by atoms with Crippen LogP contribution in [0.3, 0.4) is 0 Å². The molecule has 0 aliphatic carbocycles. The van der Waals surface area contributed by atoms with Gasteiger partial charge in [-0.15, -0.1) is 0 Å². The van der Waals surface area contributed by atoms with Gasteiger partial charge in [0.2, 0.25) is 10.0 Å². The summed E-state index contributed by atoms with van der Waals surface area (Å²) in [4.78, 5) is 2.84. The van der Waals surface area contributed by atoms with Crippen LogP contribution in [0.4, 0.5) is 0 Å². The van der Waals surface area contributed by atoms with E-state index in [4.69, 9.17) is 14.2 Å². The summed E-state index contributed by atoms with van der Waals surface area (Å²) in [6.45, 7) is 5.34. The number of ether oxygens (including phenoxy) is 3. The molecule has 0 amide bonds. The first-order chi connectivity index (χ1) is 13.5. The fourth-order valence-corrected chi connectivity index (χ4v) is 6.08. The third-order valence-electron chi connectivity index (χ3n) is 6.36. The molecule has 0 N–H and O–H groups in total. The molecule has 0 radical (unpaired) electrons. The molecule has 0 saturated carbocycles. The smallest absolute Gasteiger partial charge is 0.243 e. The molecular weight excluding hydrogens is 380 g/mol. The largest absolute Gasteiger partial charge is 0.497 e. The van der Waals surface area contributed by atoms with E-state index in [1.807, 2.05) is 0 Å². The van der Waals surface area contributed by atoms with Crippen LogP contribution in [0.2, 0.25) is 0 Å². The summed E-state index contributed by atoms with van der Waals surface area (Å²) < 4.78 is 44.4. The van der Waals surface area contributed by atoms with Gasteiger partial charge in [0.15, 0.2) is 0 Å². The number of benzene rings is 1. The zero-order chi connectivity index (χ0) is 19.6. The van der Waals surface area contributed by atoms with Crippen LogP contribution in [0.15, 0.2) is 29.2 Å². The van der Waals surface area contributed by atoms with E-state index in [-0.39, 0.29) is 5.60 Å². The first kappa shape index (κ1) is 20.1. The van der Waals surface area contributed by atoms with Gasteiger partial charge in [0.1, 0.15) is 5.75 Å². The van der Waals surface area contributed by atoms with Crippen molar-refractivity contribution in [2.24, 2.45) is 0 Å². The Hall–Kier alpha value is -1.19. The highest BCUT2D eigenvalue weighted by Gasteiger charge is 2.44. The predicted octanol–water partition coefficient (Wildman–Crippen LogP) is 1.73. The summed E-state index contributed by atoms with van der Waals surface area (Å²) in [5, 5.41) is 0. The molecule has 4 rings (SSSR count). The Morgan fingerprint density at radius 1 is 1.04 bits per heavy atom. The molecule has 3 aliphatic rings. The molecule has 156 valence electrons. The SMILES string of the molecule is COc1ccc(S(=O)(=O)N2CCC3(CC2)C[C@@H](N2CCOCC2)CCO3)cc1. The van der Waals surface area contributed by atoms with Gasteiger partial charge in [-0.1, -0.05) is 0 Å². The van der Waals surface area contributed by atoms with Crippen molar-refractivity contribution in [3.05, 3.63) is 24.3 Å². The average Bonchev–Trinajstić information content (AvgIpc) is 2.75. The minimum absolute atomic E-state index is 0.187. The Morgan fingerprint density at radius 2 is 1.71 bits per heavy atom. The highest BCUT2D eigenvalue weighted by molar-refractivity contribution is 7.89. The third kappa shape index (κ3) is 4.07. The quantitative estimate of drug-likeness (QED) is 0.753. The Labute approximate surface area is 167 Å². The molecular formula is C20H30N2O5S. The molecule has 3 heterocycles. The standard InChI is InChI=1S/C20H30N2O5S/c1-25-18-2-4-19(5-3-18)28(23,24)22-9-7-20(8-10-22)16-17(6-13-27-20)21-11-14-26-15-12-21/h2-5,17H,6-16H2,1H3/t17-/m0/s1. The van der Waals surface area contributed by atoms with Gasteiger partial charge >= 0.3 is 0 Å². The lowest BCUT2D eigenvalue weighted by molar-refractivity contribution is -0.133. The number of methoxy groups -OCH3 is 1. The predicted molar refractivity (Wildman–Crippen MR) is 105 cm³/mol. The van der Waals surface area contributed by atoms with Crippen molar-refractivity contribution in [2.75, 3.05) is 53.1 Å². The second kappa shape index (κ2) is 8.28. The zero-order valence-corrected chi connectivity index (χ0v) is 17.3. The maximum absolute atomic E-state index is 13.0. The van der Waals surface area contributed by atoms with Crippen molar-refractivity contribution in [1.82, 2.24) is 9.21 Å². The van der Waals surface area contributed by atoms with Crippen LogP contribution in [-0.4, -0.2) is 82.4 Å². The highest BCUT2D eigenvalue weighted by atomic mass is 32.2. The average molecular weight is 411 g/mol. The molecule has 3 saturated heterocycles. The summed E-state index contributed by atoms with van der Waals surface area (Å²) in [6.07, 6.45) is 3.55. The van der Waals surface area contributed by atoms with Crippen LogP contribution in [0.5, 0.6) is 5.75 Å². The minimum atomic E-state index is -3.48. The van der Waals surface area contributed by atoms with Crippen LogP contribution < -0.4 is 4.74 Å². The minimum Gasteiger partial charge on any atom is -0.497 e. The first-order valence-electron chi connectivity index (χ1n) is 10.1. The molecule has 1 aromatic carbocycles. The van der Waals surface area contributed by atoms with E-state index in [0.717, 1.165) is 58.6 Å². The van der Waals surface area contributed by atoms with Gasteiger partial charge in [-0.05, 0) is 49.9 Å². The molecule has 0 bridgehead atoms. The van der Waals surface area contributed by atoms with Gasteiger partial charge in [-0.3, -0.25) is 4.90 Å². The van der Waals surface area contributed by atoms with E-state index in [1.54, 1.807) is 35.7 Å². The van der Waals surface area contributed by atoms with E-state index >= 15 is 0 Å². The highest BCUT2D eigenvalue weighted by Crippen LogP contribution is 2.38. The van der Waals surface area contributed by atoms with Crippen molar-refractivity contribution < 1.29 is 22.6 Å². The summed E-state index contributed by atoms with van der Waals surface area (Å²) in [5.74, 6) is 0.654. The van der Waals surface area contributed by atoms with Crippen molar-refractivity contribution in [3.63, 3.8) is 0 Å². The number of sulfonamides is 1. The van der Waals surface area contributed by atoms with E-state index < -0.39 is 10.0 Å².